The third-order valence-corrected chi connectivity index (χ3v) is 7.34. The first-order valence-electron chi connectivity index (χ1n) is 11.9. The van der Waals surface area contributed by atoms with Crippen molar-refractivity contribution < 1.29 is 14.3 Å². The Morgan fingerprint density at radius 3 is 2.66 bits per heavy atom. The summed E-state index contributed by atoms with van der Waals surface area (Å²) in [7, 11) is 7.39. The number of benzene rings is 1. The lowest BCUT2D eigenvalue weighted by Gasteiger charge is -2.35. The van der Waals surface area contributed by atoms with E-state index in [1.807, 2.05) is 60.3 Å². The Morgan fingerprint density at radius 1 is 1.14 bits per heavy atom. The molecule has 0 bridgehead atoms. The van der Waals surface area contributed by atoms with Crippen molar-refractivity contribution in [3.8, 4) is 5.75 Å². The maximum Gasteiger partial charge on any atom is 0.265 e. The van der Waals surface area contributed by atoms with Crippen LogP contribution in [0.4, 0.5) is 5.69 Å². The normalized spacial score (nSPS) is 16.0. The maximum absolute atomic E-state index is 13.7. The molecule has 0 radical (unpaired) electrons. The summed E-state index contributed by atoms with van der Waals surface area (Å²) in [6, 6.07) is 11.1. The Morgan fingerprint density at radius 2 is 1.91 bits per heavy atom. The van der Waals surface area contributed by atoms with Gasteiger partial charge in [-0.05, 0) is 57.6 Å². The number of piperidine rings is 1. The van der Waals surface area contributed by atoms with Gasteiger partial charge in [-0.15, -0.1) is 11.3 Å². The van der Waals surface area contributed by atoms with E-state index in [1.54, 1.807) is 14.1 Å². The van der Waals surface area contributed by atoms with Gasteiger partial charge in [-0.1, -0.05) is 12.1 Å². The molecule has 3 aromatic rings. The number of amides is 2. The van der Waals surface area contributed by atoms with Gasteiger partial charge in [0.15, 0.2) is 0 Å². The van der Waals surface area contributed by atoms with Crippen LogP contribution in [0.25, 0.3) is 10.2 Å². The van der Waals surface area contributed by atoms with E-state index in [0.717, 1.165) is 41.7 Å². The third kappa shape index (κ3) is 5.26. The summed E-state index contributed by atoms with van der Waals surface area (Å²) in [5.74, 6) is 0.420. The zero-order chi connectivity index (χ0) is 25.1. The number of para-hydroxylation sites is 1. The van der Waals surface area contributed by atoms with Gasteiger partial charge < -0.3 is 25.2 Å². The van der Waals surface area contributed by atoms with Crippen LogP contribution in [0.5, 0.6) is 5.75 Å². The number of likely N-dealkylation sites (tertiary alicyclic amines) is 1. The summed E-state index contributed by atoms with van der Waals surface area (Å²) in [4.78, 5) is 37.8. The van der Waals surface area contributed by atoms with Crippen LogP contribution >= 0.6 is 11.3 Å². The molecular weight excluding hydrogens is 462 g/mol. The highest BCUT2D eigenvalue weighted by Crippen LogP contribution is 2.37. The minimum absolute atomic E-state index is 0.0498. The summed E-state index contributed by atoms with van der Waals surface area (Å²) in [6.45, 7) is 1.93. The highest BCUT2D eigenvalue weighted by Gasteiger charge is 2.31. The third-order valence-electron chi connectivity index (χ3n) is 6.23. The summed E-state index contributed by atoms with van der Waals surface area (Å²) in [6.07, 6.45) is 2.80. The molecule has 2 aromatic heterocycles. The van der Waals surface area contributed by atoms with E-state index in [2.05, 4.69) is 0 Å². The summed E-state index contributed by atoms with van der Waals surface area (Å²) >= 11 is 1.30. The molecule has 2 N–H and O–H groups in total. The fourth-order valence-electron chi connectivity index (χ4n) is 4.30. The maximum atomic E-state index is 13.7. The van der Waals surface area contributed by atoms with E-state index in [1.165, 1.54) is 16.2 Å². The molecular formula is C26H33N5O3S. The molecule has 9 heteroatoms. The SMILES string of the molecule is CN(C)CCOc1ccccc1C(=O)N1CCCCC1c1ccc2c(N)c(C(=O)N(C)C)sc2n1. The Bertz CT molecular complexity index is 1220. The minimum Gasteiger partial charge on any atom is -0.491 e. The molecule has 1 aliphatic rings. The number of nitrogens with zero attached hydrogens (tertiary/aromatic N) is 4. The van der Waals surface area contributed by atoms with Gasteiger partial charge in [0.25, 0.3) is 11.8 Å². The number of pyridine rings is 1. The number of carbonyl (C=O) groups excluding carboxylic acids is 2. The fourth-order valence-corrected chi connectivity index (χ4v) is 5.43. The lowest BCUT2D eigenvalue weighted by atomic mass is 9.97. The van der Waals surface area contributed by atoms with E-state index in [-0.39, 0.29) is 17.9 Å². The van der Waals surface area contributed by atoms with E-state index in [4.69, 9.17) is 15.5 Å². The minimum atomic E-state index is -0.146. The topological polar surface area (TPSA) is 92.0 Å². The molecule has 1 unspecified atom stereocenters. The van der Waals surface area contributed by atoms with Crippen molar-refractivity contribution in [2.45, 2.75) is 25.3 Å². The largest absolute Gasteiger partial charge is 0.491 e. The zero-order valence-electron chi connectivity index (χ0n) is 20.8. The molecule has 4 rings (SSSR count). The van der Waals surface area contributed by atoms with Crippen LogP contribution in [0.15, 0.2) is 36.4 Å². The first-order valence-corrected chi connectivity index (χ1v) is 12.7. The smallest absolute Gasteiger partial charge is 0.265 e. The van der Waals surface area contributed by atoms with Gasteiger partial charge in [0.05, 0.1) is 23.0 Å². The molecule has 1 atom stereocenters. The lowest BCUT2D eigenvalue weighted by Crippen LogP contribution is -2.39. The predicted octanol–water partition coefficient (Wildman–Crippen LogP) is 3.89. The van der Waals surface area contributed by atoms with Crippen LogP contribution in [0.3, 0.4) is 0 Å². The molecule has 3 heterocycles. The molecule has 1 aromatic carbocycles. The fraction of sp³-hybridized carbons (Fsp3) is 0.423. The second-order valence-corrected chi connectivity index (χ2v) is 10.3. The van der Waals surface area contributed by atoms with E-state index in [9.17, 15) is 9.59 Å². The highest BCUT2D eigenvalue weighted by atomic mass is 32.1. The van der Waals surface area contributed by atoms with Crippen LogP contribution in [0, 0.1) is 0 Å². The average Bonchev–Trinajstić information content (AvgIpc) is 3.18. The molecule has 35 heavy (non-hydrogen) atoms. The number of carbonyl (C=O) groups is 2. The average molecular weight is 496 g/mol. The Kier molecular flexibility index (Phi) is 7.57. The van der Waals surface area contributed by atoms with Crippen LogP contribution in [-0.2, 0) is 0 Å². The monoisotopic (exact) mass is 495 g/mol. The van der Waals surface area contributed by atoms with Crippen molar-refractivity contribution in [2.24, 2.45) is 0 Å². The lowest BCUT2D eigenvalue weighted by molar-refractivity contribution is 0.0601. The molecule has 1 aliphatic heterocycles. The van der Waals surface area contributed by atoms with Crippen LogP contribution in [-0.4, -0.2) is 79.4 Å². The molecule has 0 aliphatic carbocycles. The number of nitrogen functional groups attached to an aromatic ring is 1. The van der Waals surface area contributed by atoms with Gasteiger partial charge in [-0.2, -0.15) is 0 Å². The van der Waals surface area contributed by atoms with Gasteiger partial charge in [0.1, 0.15) is 22.1 Å². The Balaban J connectivity index is 1.63. The second-order valence-electron chi connectivity index (χ2n) is 9.29. The number of aromatic nitrogens is 1. The van der Waals surface area contributed by atoms with Crippen LogP contribution in [0.2, 0.25) is 0 Å². The number of ether oxygens (including phenoxy) is 1. The molecule has 0 spiro atoms. The van der Waals surface area contributed by atoms with Crippen molar-refractivity contribution in [1.82, 2.24) is 19.7 Å². The number of anilines is 1. The van der Waals surface area contributed by atoms with Crippen molar-refractivity contribution in [3.05, 3.63) is 52.5 Å². The van der Waals surface area contributed by atoms with Crippen molar-refractivity contribution >= 4 is 39.1 Å². The molecule has 186 valence electrons. The standard InChI is InChI=1S/C26H33N5O3S/c1-29(2)15-16-34-21-11-6-5-9-17(21)25(32)31-14-8-7-10-20(31)19-13-12-18-22(27)23(26(33)30(3)4)35-24(18)28-19/h5-6,9,11-13,20H,7-8,10,14-16,27H2,1-4H3. The van der Waals surface area contributed by atoms with Gasteiger partial charge in [-0.3, -0.25) is 9.59 Å². The van der Waals surface area contributed by atoms with E-state index < -0.39 is 0 Å². The quantitative estimate of drug-likeness (QED) is 0.535. The van der Waals surface area contributed by atoms with Crippen molar-refractivity contribution in [2.75, 3.05) is 53.6 Å². The number of nitrogens with two attached hydrogens (primary N) is 1. The predicted molar refractivity (Wildman–Crippen MR) is 140 cm³/mol. The first-order chi connectivity index (χ1) is 16.8. The molecule has 8 nitrogen and oxygen atoms in total. The van der Waals surface area contributed by atoms with E-state index >= 15 is 0 Å². The van der Waals surface area contributed by atoms with E-state index in [0.29, 0.717) is 35.0 Å². The number of likely N-dealkylation sites (N-methyl/N-ethyl adjacent to an activating group) is 1. The number of hydrogen-bond acceptors (Lipinski definition) is 7. The number of thiophene rings is 1. The Labute approximate surface area is 210 Å². The van der Waals surface area contributed by atoms with Crippen molar-refractivity contribution in [1.29, 1.82) is 0 Å². The highest BCUT2D eigenvalue weighted by molar-refractivity contribution is 7.21. The van der Waals surface area contributed by atoms with Crippen LogP contribution in [0.1, 0.15) is 51.0 Å². The van der Waals surface area contributed by atoms with Crippen molar-refractivity contribution in [3.63, 3.8) is 0 Å². The molecule has 1 saturated heterocycles. The summed E-state index contributed by atoms with van der Waals surface area (Å²) in [5, 5.41) is 0.775. The second kappa shape index (κ2) is 10.6. The summed E-state index contributed by atoms with van der Waals surface area (Å²) < 4.78 is 5.96. The van der Waals surface area contributed by atoms with Gasteiger partial charge in [0, 0.05) is 32.6 Å². The van der Waals surface area contributed by atoms with Gasteiger partial charge in [0.2, 0.25) is 0 Å². The van der Waals surface area contributed by atoms with Gasteiger partial charge >= 0.3 is 0 Å². The zero-order valence-corrected chi connectivity index (χ0v) is 21.6. The van der Waals surface area contributed by atoms with Crippen LogP contribution < -0.4 is 10.5 Å². The number of hydrogen-bond donors (Lipinski definition) is 1. The number of rotatable bonds is 7. The Hall–Kier alpha value is -3.17. The molecule has 1 fully saturated rings. The summed E-state index contributed by atoms with van der Waals surface area (Å²) in [5.41, 5.74) is 8.12. The first kappa shape index (κ1) is 24.9. The molecule has 2 amide bonds. The number of fused-ring (bicyclic) bond motifs is 1. The van der Waals surface area contributed by atoms with Gasteiger partial charge in [-0.25, -0.2) is 4.98 Å². The molecule has 0 saturated carbocycles.